The highest BCUT2D eigenvalue weighted by Gasteiger charge is 2.19. The molecule has 8 nitrogen and oxygen atoms in total. The van der Waals surface area contributed by atoms with E-state index in [-0.39, 0.29) is 33.9 Å². The van der Waals surface area contributed by atoms with Gasteiger partial charge in [-0.3, -0.25) is 19.6 Å². The summed E-state index contributed by atoms with van der Waals surface area (Å²) in [7, 11) is -4.00. The van der Waals surface area contributed by atoms with Crippen molar-refractivity contribution in [3.05, 3.63) is 97.4 Å². The summed E-state index contributed by atoms with van der Waals surface area (Å²) < 4.78 is 29.0. The number of sulfonamides is 1. The third-order valence-corrected chi connectivity index (χ3v) is 5.96. The summed E-state index contributed by atoms with van der Waals surface area (Å²) in [5.74, 6) is 0. The molecule has 10 heteroatoms. The van der Waals surface area contributed by atoms with E-state index in [1.165, 1.54) is 35.9 Å². The van der Waals surface area contributed by atoms with Crippen molar-refractivity contribution < 1.29 is 13.3 Å². The molecule has 1 aromatic heterocycles. The summed E-state index contributed by atoms with van der Waals surface area (Å²) in [6.45, 7) is 1.63. The van der Waals surface area contributed by atoms with Crippen LogP contribution in [0.1, 0.15) is 11.1 Å². The van der Waals surface area contributed by atoms with Crippen LogP contribution in [0.25, 0.3) is 0 Å². The Morgan fingerprint density at radius 1 is 1.14 bits per heavy atom. The highest BCUT2D eigenvalue weighted by Crippen LogP contribution is 2.23. The number of nitro groups is 1. The molecule has 0 saturated heterocycles. The molecule has 1 heterocycles. The van der Waals surface area contributed by atoms with Gasteiger partial charge in [-0.15, -0.1) is 0 Å². The number of pyridine rings is 1. The van der Waals surface area contributed by atoms with Gasteiger partial charge in [0.2, 0.25) is 0 Å². The first-order valence-electron chi connectivity index (χ1n) is 8.39. The van der Waals surface area contributed by atoms with Crippen LogP contribution in [0.5, 0.6) is 0 Å². The van der Waals surface area contributed by atoms with Gasteiger partial charge in [-0.05, 0) is 36.8 Å². The number of hydrogen-bond acceptors (Lipinski definition) is 5. The zero-order valence-electron chi connectivity index (χ0n) is 15.2. The number of benzene rings is 2. The highest BCUT2D eigenvalue weighted by molar-refractivity contribution is 7.92. The number of halogens is 1. The third-order valence-electron chi connectivity index (χ3n) is 4.21. The van der Waals surface area contributed by atoms with Gasteiger partial charge in [0.15, 0.2) is 0 Å². The summed E-state index contributed by atoms with van der Waals surface area (Å²) in [4.78, 5) is 22.4. The molecule has 0 unspecified atom stereocenters. The Balaban J connectivity index is 1.90. The molecule has 0 radical (unpaired) electrons. The minimum Gasteiger partial charge on any atom is -0.309 e. The number of nitrogens with zero attached hydrogens (tertiary/aromatic N) is 2. The van der Waals surface area contributed by atoms with Crippen molar-refractivity contribution in [1.82, 2.24) is 4.57 Å². The first kappa shape index (κ1) is 20.6. The second-order valence-corrected chi connectivity index (χ2v) is 8.38. The van der Waals surface area contributed by atoms with E-state index in [9.17, 15) is 23.3 Å². The maximum absolute atomic E-state index is 12.7. The molecular weight excluding hydrogens is 418 g/mol. The summed E-state index contributed by atoms with van der Waals surface area (Å²) in [5.41, 5.74) is 0.618. The van der Waals surface area contributed by atoms with Crippen LogP contribution in [0.3, 0.4) is 0 Å². The van der Waals surface area contributed by atoms with Gasteiger partial charge < -0.3 is 4.57 Å². The zero-order chi connectivity index (χ0) is 21.2. The van der Waals surface area contributed by atoms with Crippen molar-refractivity contribution in [2.75, 3.05) is 4.72 Å². The molecule has 0 fully saturated rings. The second kappa shape index (κ2) is 8.06. The molecule has 0 amide bonds. The van der Waals surface area contributed by atoms with Crippen molar-refractivity contribution in [3.63, 3.8) is 0 Å². The molecular formula is C19H16ClN3O5S. The molecule has 0 atom stereocenters. The van der Waals surface area contributed by atoms with Gasteiger partial charge in [-0.2, -0.15) is 0 Å². The molecule has 3 aromatic rings. The Hall–Kier alpha value is -3.17. The molecule has 0 bridgehead atoms. The van der Waals surface area contributed by atoms with Crippen molar-refractivity contribution in [2.45, 2.75) is 18.4 Å². The van der Waals surface area contributed by atoms with Gasteiger partial charge in [-0.25, -0.2) is 8.42 Å². The highest BCUT2D eigenvalue weighted by atomic mass is 35.5. The first-order valence-corrected chi connectivity index (χ1v) is 10.3. The predicted molar refractivity (Wildman–Crippen MR) is 110 cm³/mol. The van der Waals surface area contributed by atoms with Crippen molar-refractivity contribution >= 4 is 33.0 Å². The number of nitrogens with one attached hydrogen (secondary N) is 1. The Morgan fingerprint density at radius 3 is 2.52 bits per heavy atom. The molecule has 2 aromatic carbocycles. The zero-order valence-corrected chi connectivity index (χ0v) is 16.8. The van der Waals surface area contributed by atoms with E-state index in [0.717, 1.165) is 12.1 Å². The Bertz CT molecular complexity index is 1250. The van der Waals surface area contributed by atoms with Crippen LogP contribution >= 0.6 is 11.6 Å². The van der Waals surface area contributed by atoms with Gasteiger partial charge in [0, 0.05) is 28.9 Å². The van der Waals surface area contributed by atoms with Crippen LogP contribution in [-0.2, 0) is 16.6 Å². The third kappa shape index (κ3) is 4.64. The SMILES string of the molecule is Cc1cc(S(=O)(=O)Nc2ccc(=O)n(Cc3ccccc3Cl)c2)ccc1[N+](=O)[O-]. The number of nitro benzene ring substituents is 1. The molecule has 0 aliphatic heterocycles. The molecule has 3 rings (SSSR count). The largest absolute Gasteiger partial charge is 0.309 e. The standard InChI is InChI=1S/C19H16ClN3O5S/c1-13-10-16(7-8-18(13)23(25)26)29(27,28)21-15-6-9-19(24)22(12-15)11-14-4-2-3-5-17(14)20/h2-10,12,21H,11H2,1H3. The van der Waals surface area contributed by atoms with Gasteiger partial charge >= 0.3 is 0 Å². The molecule has 1 N–H and O–H groups in total. The first-order chi connectivity index (χ1) is 13.7. The van der Waals surface area contributed by atoms with Gasteiger partial charge in [-0.1, -0.05) is 29.8 Å². The second-order valence-electron chi connectivity index (χ2n) is 6.29. The van der Waals surface area contributed by atoms with Crippen LogP contribution in [0.4, 0.5) is 11.4 Å². The van der Waals surface area contributed by atoms with Crippen molar-refractivity contribution in [2.24, 2.45) is 0 Å². The van der Waals surface area contributed by atoms with E-state index >= 15 is 0 Å². The number of aromatic nitrogens is 1. The average Bonchev–Trinajstić information content (AvgIpc) is 2.65. The fraction of sp³-hybridized carbons (Fsp3) is 0.105. The lowest BCUT2D eigenvalue weighted by Gasteiger charge is -2.12. The van der Waals surface area contributed by atoms with Crippen molar-refractivity contribution in [1.29, 1.82) is 0 Å². The summed E-state index contributed by atoms with van der Waals surface area (Å²) >= 11 is 6.13. The molecule has 0 aliphatic rings. The minimum absolute atomic E-state index is 0.121. The van der Waals surface area contributed by atoms with E-state index in [4.69, 9.17) is 11.6 Å². The summed E-state index contributed by atoms with van der Waals surface area (Å²) in [6.07, 6.45) is 1.38. The fourth-order valence-corrected chi connectivity index (χ4v) is 4.06. The topological polar surface area (TPSA) is 111 Å². The van der Waals surface area contributed by atoms with Crippen LogP contribution in [0, 0.1) is 17.0 Å². The van der Waals surface area contributed by atoms with E-state index in [1.807, 2.05) is 0 Å². The molecule has 0 spiro atoms. The van der Waals surface area contributed by atoms with Crippen LogP contribution in [0.15, 0.2) is 70.5 Å². The molecule has 0 aliphatic carbocycles. The minimum atomic E-state index is -4.00. The Labute approximate surface area is 171 Å². The van der Waals surface area contributed by atoms with Crippen molar-refractivity contribution in [3.8, 4) is 0 Å². The van der Waals surface area contributed by atoms with E-state index < -0.39 is 14.9 Å². The maximum Gasteiger partial charge on any atom is 0.272 e. The monoisotopic (exact) mass is 433 g/mol. The van der Waals surface area contributed by atoms with Gasteiger partial charge in [0.1, 0.15) is 0 Å². The lowest BCUT2D eigenvalue weighted by molar-refractivity contribution is -0.385. The number of anilines is 1. The lowest BCUT2D eigenvalue weighted by atomic mass is 10.2. The molecule has 29 heavy (non-hydrogen) atoms. The van der Waals surface area contributed by atoms with Crippen LogP contribution in [0.2, 0.25) is 5.02 Å². The maximum atomic E-state index is 12.7. The van der Waals surface area contributed by atoms with Crippen LogP contribution in [-0.4, -0.2) is 17.9 Å². The summed E-state index contributed by atoms with van der Waals surface area (Å²) in [5, 5.41) is 11.4. The van der Waals surface area contributed by atoms with Gasteiger partial charge in [0.25, 0.3) is 21.3 Å². The predicted octanol–water partition coefficient (Wildman–Crippen LogP) is 3.57. The van der Waals surface area contributed by atoms with E-state index in [2.05, 4.69) is 4.72 Å². The number of rotatable bonds is 6. The fourth-order valence-electron chi connectivity index (χ4n) is 2.74. The van der Waals surface area contributed by atoms with E-state index in [0.29, 0.717) is 10.6 Å². The number of hydrogen-bond donors (Lipinski definition) is 1. The quantitative estimate of drug-likeness (QED) is 0.471. The molecule has 150 valence electrons. The smallest absolute Gasteiger partial charge is 0.272 e. The number of aryl methyl sites for hydroxylation is 1. The normalized spacial score (nSPS) is 11.2. The summed E-state index contributed by atoms with van der Waals surface area (Å²) in [6, 6.07) is 13.1. The Kier molecular flexibility index (Phi) is 5.71. The van der Waals surface area contributed by atoms with Gasteiger partial charge in [0.05, 0.1) is 22.1 Å². The average molecular weight is 434 g/mol. The van der Waals surface area contributed by atoms with Crippen LogP contribution < -0.4 is 10.3 Å². The van der Waals surface area contributed by atoms with E-state index in [1.54, 1.807) is 24.3 Å². The lowest BCUT2D eigenvalue weighted by Crippen LogP contribution is -2.21. The molecule has 0 saturated carbocycles. The Morgan fingerprint density at radius 2 is 1.86 bits per heavy atom.